The average Bonchev–Trinajstić information content (AvgIpc) is 2.67. The average molecular weight is 427 g/mol. The highest BCUT2D eigenvalue weighted by atomic mass is 35.5. The third-order valence-corrected chi connectivity index (χ3v) is 6.88. The molecular weight excluding hydrogens is 403 g/mol. The zero-order valence-electron chi connectivity index (χ0n) is 16.2. The Hall–Kier alpha value is -1.96. The molecule has 0 N–H and O–H groups in total. The van der Waals surface area contributed by atoms with Gasteiger partial charge in [0.15, 0.2) is 0 Å². The summed E-state index contributed by atoms with van der Waals surface area (Å²) in [4.78, 5) is 14.3. The number of nitrogens with zero attached hydrogens (tertiary/aromatic N) is 2. The number of sulfonamides is 1. The van der Waals surface area contributed by atoms with E-state index in [1.54, 1.807) is 33.0 Å². The molecule has 0 saturated carbocycles. The van der Waals surface area contributed by atoms with E-state index in [1.807, 2.05) is 0 Å². The quantitative estimate of drug-likeness (QED) is 0.644. The third-order valence-electron chi connectivity index (χ3n) is 4.51. The number of rotatable bonds is 8. The van der Waals surface area contributed by atoms with Crippen LogP contribution in [0.3, 0.4) is 0 Å². The van der Waals surface area contributed by atoms with Crippen molar-refractivity contribution in [1.29, 1.82) is 0 Å². The summed E-state index contributed by atoms with van der Waals surface area (Å²) in [6.07, 6.45) is 0.539. The van der Waals surface area contributed by atoms with Crippen molar-refractivity contribution in [1.82, 2.24) is 9.21 Å². The number of hydrogen-bond donors (Lipinski definition) is 0. The number of carbonyl (C=O) groups is 1. The predicted molar refractivity (Wildman–Crippen MR) is 109 cm³/mol. The summed E-state index contributed by atoms with van der Waals surface area (Å²) in [6.45, 7) is 4.57. The first-order chi connectivity index (χ1) is 13.2. The zero-order valence-corrected chi connectivity index (χ0v) is 17.7. The lowest BCUT2D eigenvalue weighted by Gasteiger charge is -2.21. The Bertz CT molecular complexity index is 929. The van der Waals surface area contributed by atoms with Gasteiger partial charge in [0.05, 0.1) is 15.5 Å². The van der Waals surface area contributed by atoms with Crippen LogP contribution in [0.4, 0.5) is 4.39 Å². The number of benzene rings is 2. The van der Waals surface area contributed by atoms with Crippen LogP contribution in [-0.2, 0) is 16.4 Å². The van der Waals surface area contributed by atoms with E-state index < -0.39 is 10.0 Å². The fourth-order valence-corrected chi connectivity index (χ4v) is 4.48. The Morgan fingerprint density at radius 1 is 1.07 bits per heavy atom. The number of hydrogen-bond acceptors (Lipinski definition) is 3. The molecule has 0 bridgehead atoms. The van der Waals surface area contributed by atoms with E-state index in [1.165, 1.54) is 39.5 Å². The molecular formula is C20H24ClFN2O3S. The van der Waals surface area contributed by atoms with Gasteiger partial charge in [0.25, 0.3) is 5.91 Å². The van der Waals surface area contributed by atoms with Crippen LogP contribution in [0.15, 0.2) is 47.4 Å². The predicted octanol–water partition coefficient (Wildman–Crippen LogP) is 3.82. The summed E-state index contributed by atoms with van der Waals surface area (Å²) in [7, 11) is -2.07. The van der Waals surface area contributed by atoms with Crippen molar-refractivity contribution in [2.45, 2.75) is 25.2 Å². The molecule has 0 aromatic heterocycles. The van der Waals surface area contributed by atoms with Gasteiger partial charge in [0.2, 0.25) is 10.0 Å². The van der Waals surface area contributed by atoms with Crippen LogP contribution in [-0.4, -0.2) is 50.2 Å². The van der Waals surface area contributed by atoms with Gasteiger partial charge in [-0.2, -0.15) is 4.31 Å². The van der Waals surface area contributed by atoms with Crippen molar-refractivity contribution in [3.63, 3.8) is 0 Å². The van der Waals surface area contributed by atoms with E-state index in [0.717, 1.165) is 5.56 Å². The standard InChI is InChI=1S/C20H24ClFN2O3S/c1-4-24(5-2)28(26,27)17-10-11-19(21)18(14-17)20(25)23(3)13-12-15-6-8-16(22)9-7-15/h6-11,14H,4-5,12-13H2,1-3H3. The second-order valence-corrected chi connectivity index (χ2v) is 8.68. The molecule has 0 saturated heterocycles. The minimum atomic E-state index is -3.69. The van der Waals surface area contributed by atoms with Crippen molar-refractivity contribution >= 4 is 27.5 Å². The summed E-state index contributed by atoms with van der Waals surface area (Å²) >= 11 is 6.17. The molecule has 0 heterocycles. The van der Waals surface area contributed by atoms with E-state index in [-0.39, 0.29) is 27.2 Å². The molecule has 0 unspecified atom stereocenters. The van der Waals surface area contributed by atoms with Crippen molar-refractivity contribution < 1.29 is 17.6 Å². The maximum Gasteiger partial charge on any atom is 0.255 e. The largest absolute Gasteiger partial charge is 0.341 e. The van der Waals surface area contributed by atoms with Crippen LogP contribution in [0.5, 0.6) is 0 Å². The molecule has 28 heavy (non-hydrogen) atoms. The van der Waals surface area contributed by atoms with Gasteiger partial charge in [-0.3, -0.25) is 4.79 Å². The number of amides is 1. The SMILES string of the molecule is CCN(CC)S(=O)(=O)c1ccc(Cl)c(C(=O)N(C)CCc2ccc(F)cc2)c1. The fraction of sp³-hybridized carbons (Fsp3) is 0.350. The molecule has 2 aromatic carbocycles. The van der Waals surface area contributed by atoms with Crippen molar-refractivity contribution in [2.24, 2.45) is 0 Å². The first kappa shape index (κ1) is 22.3. The van der Waals surface area contributed by atoms with Gasteiger partial charge < -0.3 is 4.90 Å². The van der Waals surface area contributed by atoms with Gasteiger partial charge in [-0.15, -0.1) is 0 Å². The smallest absolute Gasteiger partial charge is 0.255 e. The van der Waals surface area contributed by atoms with Gasteiger partial charge in [-0.25, -0.2) is 12.8 Å². The Balaban J connectivity index is 2.21. The fourth-order valence-electron chi connectivity index (χ4n) is 2.80. The zero-order chi connectivity index (χ0) is 20.9. The highest BCUT2D eigenvalue weighted by Gasteiger charge is 2.24. The molecule has 1 amide bonds. The second-order valence-electron chi connectivity index (χ2n) is 6.33. The summed E-state index contributed by atoms with van der Waals surface area (Å²) in [6, 6.07) is 10.2. The van der Waals surface area contributed by atoms with Gasteiger partial charge >= 0.3 is 0 Å². The molecule has 0 spiro atoms. The molecule has 0 atom stereocenters. The van der Waals surface area contributed by atoms with E-state index in [2.05, 4.69) is 0 Å². The van der Waals surface area contributed by atoms with Crippen LogP contribution in [0.25, 0.3) is 0 Å². The number of halogens is 2. The Kier molecular flexibility index (Phi) is 7.57. The van der Waals surface area contributed by atoms with Crippen LogP contribution in [0.1, 0.15) is 29.8 Å². The summed E-state index contributed by atoms with van der Waals surface area (Å²) < 4.78 is 39.7. The maximum absolute atomic E-state index is 13.0. The van der Waals surface area contributed by atoms with Gasteiger partial charge in [0, 0.05) is 26.7 Å². The molecule has 2 rings (SSSR count). The molecule has 8 heteroatoms. The molecule has 152 valence electrons. The minimum Gasteiger partial charge on any atom is -0.341 e. The highest BCUT2D eigenvalue weighted by molar-refractivity contribution is 7.89. The molecule has 0 radical (unpaired) electrons. The highest BCUT2D eigenvalue weighted by Crippen LogP contribution is 2.24. The summed E-state index contributed by atoms with van der Waals surface area (Å²) in [5.41, 5.74) is 1.03. The van der Waals surface area contributed by atoms with E-state index in [4.69, 9.17) is 11.6 Å². The Morgan fingerprint density at radius 2 is 1.68 bits per heavy atom. The molecule has 5 nitrogen and oxygen atoms in total. The molecule has 0 aliphatic heterocycles. The third kappa shape index (κ3) is 5.10. The lowest BCUT2D eigenvalue weighted by atomic mass is 10.1. The molecule has 2 aromatic rings. The first-order valence-corrected chi connectivity index (χ1v) is 10.8. The molecule has 0 aliphatic rings. The first-order valence-electron chi connectivity index (χ1n) is 9.00. The molecule has 0 aliphatic carbocycles. The van der Waals surface area contributed by atoms with Crippen LogP contribution in [0, 0.1) is 5.82 Å². The lowest BCUT2D eigenvalue weighted by molar-refractivity contribution is 0.0796. The van der Waals surface area contributed by atoms with E-state index >= 15 is 0 Å². The minimum absolute atomic E-state index is 0.0379. The monoisotopic (exact) mass is 426 g/mol. The Labute approximate surface area is 170 Å². The normalized spacial score (nSPS) is 11.6. The molecule has 0 fully saturated rings. The van der Waals surface area contributed by atoms with Crippen LogP contribution < -0.4 is 0 Å². The van der Waals surface area contributed by atoms with Crippen LogP contribution >= 0.6 is 11.6 Å². The topological polar surface area (TPSA) is 57.7 Å². The van der Waals surface area contributed by atoms with Gasteiger partial charge in [-0.1, -0.05) is 37.6 Å². The Morgan fingerprint density at radius 3 is 2.25 bits per heavy atom. The van der Waals surface area contributed by atoms with Gasteiger partial charge in [0.1, 0.15) is 5.82 Å². The second kappa shape index (κ2) is 9.49. The number of carbonyl (C=O) groups excluding carboxylic acids is 1. The van der Waals surface area contributed by atoms with Gasteiger partial charge in [-0.05, 0) is 42.3 Å². The summed E-state index contributed by atoms with van der Waals surface area (Å²) in [5.74, 6) is -0.685. The van der Waals surface area contributed by atoms with E-state index in [9.17, 15) is 17.6 Å². The lowest BCUT2D eigenvalue weighted by Crippen LogP contribution is -2.32. The van der Waals surface area contributed by atoms with E-state index in [0.29, 0.717) is 26.1 Å². The van der Waals surface area contributed by atoms with Crippen molar-refractivity contribution in [3.8, 4) is 0 Å². The summed E-state index contributed by atoms with van der Waals surface area (Å²) in [5, 5.41) is 0.192. The van der Waals surface area contributed by atoms with Crippen molar-refractivity contribution in [3.05, 3.63) is 64.4 Å². The number of likely N-dealkylation sites (N-methyl/N-ethyl adjacent to an activating group) is 1. The maximum atomic E-state index is 13.0. The van der Waals surface area contributed by atoms with Crippen molar-refractivity contribution in [2.75, 3.05) is 26.7 Å². The van der Waals surface area contributed by atoms with Crippen LogP contribution in [0.2, 0.25) is 5.02 Å².